The lowest BCUT2D eigenvalue weighted by atomic mass is 10.0. The Morgan fingerprint density at radius 3 is 2.35 bits per heavy atom. The predicted octanol–water partition coefficient (Wildman–Crippen LogP) is 1.38. The summed E-state index contributed by atoms with van der Waals surface area (Å²) in [4.78, 5) is 14.1. The summed E-state index contributed by atoms with van der Waals surface area (Å²) in [6.45, 7) is 11.5. The minimum atomic E-state index is -0.187. The highest BCUT2D eigenvalue weighted by Crippen LogP contribution is 2.09. The van der Waals surface area contributed by atoms with Gasteiger partial charge in [-0.05, 0) is 40.2 Å². The van der Waals surface area contributed by atoms with E-state index in [1.165, 1.54) is 0 Å². The molecule has 0 heterocycles. The van der Waals surface area contributed by atoms with E-state index < -0.39 is 0 Å². The monoisotopic (exact) mass is 244 g/mol. The van der Waals surface area contributed by atoms with Gasteiger partial charge in [-0.2, -0.15) is 0 Å². The van der Waals surface area contributed by atoms with Crippen LogP contribution in [0, 0.1) is 0 Å². The van der Waals surface area contributed by atoms with E-state index in [2.05, 4.69) is 19.2 Å². The highest BCUT2D eigenvalue weighted by atomic mass is 16.3. The van der Waals surface area contributed by atoms with Crippen LogP contribution < -0.4 is 5.32 Å². The highest BCUT2D eigenvalue weighted by molar-refractivity contribution is 5.82. The second-order valence-corrected chi connectivity index (χ2v) is 5.16. The molecule has 0 aliphatic heterocycles. The van der Waals surface area contributed by atoms with Gasteiger partial charge < -0.3 is 10.4 Å². The van der Waals surface area contributed by atoms with Crippen molar-refractivity contribution in [2.45, 2.75) is 59.0 Å². The van der Waals surface area contributed by atoms with Crippen LogP contribution in [0.3, 0.4) is 0 Å². The molecule has 0 aromatic heterocycles. The van der Waals surface area contributed by atoms with Crippen molar-refractivity contribution in [2.24, 2.45) is 0 Å². The number of aliphatic hydroxyl groups is 1. The number of nitrogens with one attached hydrogen (secondary N) is 1. The normalized spacial score (nSPS) is 13.8. The largest absolute Gasteiger partial charge is 0.395 e. The summed E-state index contributed by atoms with van der Waals surface area (Å²) in [6, 6.07) is -0.187. The standard InChI is InChI=1S/C13H28N2O2/c1-6-8-15(9-10-16)11(3)12(17)14-13(4,5)7-2/h11,16H,6-10H2,1-5H3,(H,14,17). The van der Waals surface area contributed by atoms with Gasteiger partial charge in [0.05, 0.1) is 12.6 Å². The number of aliphatic hydroxyl groups excluding tert-OH is 1. The molecule has 0 saturated carbocycles. The molecule has 0 aliphatic carbocycles. The molecule has 1 atom stereocenters. The van der Waals surface area contributed by atoms with E-state index in [-0.39, 0.29) is 24.1 Å². The Balaban J connectivity index is 4.43. The van der Waals surface area contributed by atoms with Crippen LogP contribution in [0.15, 0.2) is 0 Å². The van der Waals surface area contributed by atoms with Crippen molar-refractivity contribution in [1.29, 1.82) is 0 Å². The summed E-state index contributed by atoms with van der Waals surface area (Å²) in [5.74, 6) is 0.0405. The SMILES string of the molecule is CCCN(CCO)C(C)C(=O)NC(C)(C)CC. The molecular weight excluding hydrogens is 216 g/mol. The molecule has 1 unspecified atom stereocenters. The molecule has 0 radical (unpaired) electrons. The molecule has 17 heavy (non-hydrogen) atoms. The van der Waals surface area contributed by atoms with Crippen LogP contribution in [0.4, 0.5) is 0 Å². The van der Waals surface area contributed by atoms with Crippen molar-refractivity contribution in [3.8, 4) is 0 Å². The van der Waals surface area contributed by atoms with Crippen molar-refractivity contribution in [2.75, 3.05) is 19.7 Å². The van der Waals surface area contributed by atoms with Crippen molar-refractivity contribution in [3.63, 3.8) is 0 Å². The summed E-state index contributed by atoms with van der Waals surface area (Å²) >= 11 is 0. The molecular formula is C13H28N2O2. The van der Waals surface area contributed by atoms with Crippen LogP contribution in [0.5, 0.6) is 0 Å². The van der Waals surface area contributed by atoms with Gasteiger partial charge in [-0.25, -0.2) is 0 Å². The Morgan fingerprint density at radius 1 is 1.35 bits per heavy atom. The lowest BCUT2D eigenvalue weighted by Gasteiger charge is -2.31. The number of nitrogens with zero attached hydrogens (tertiary/aromatic N) is 1. The molecule has 0 bridgehead atoms. The molecule has 2 N–H and O–H groups in total. The number of amides is 1. The molecule has 0 aromatic rings. The first kappa shape index (κ1) is 16.4. The third-order valence-electron chi connectivity index (χ3n) is 3.17. The van der Waals surface area contributed by atoms with E-state index in [0.717, 1.165) is 19.4 Å². The number of carbonyl (C=O) groups excluding carboxylic acids is 1. The number of hydrogen-bond donors (Lipinski definition) is 2. The Bertz CT molecular complexity index is 223. The second kappa shape index (κ2) is 7.67. The first-order valence-electron chi connectivity index (χ1n) is 6.54. The molecule has 4 nitrogen and oxygen atoms in total. The fraction of sp³-hybridized carbons (Fsp3) is 0.923. The van der Waals surface area contributed by atoms with Gasteiger partial charge in [0.15, 0.2) is 0 Å². The average molecular weight is 244 g/mol. The number of carbonyl (C=O) groups is 1. The summed E-state index contributed by atoms with van der Waals surface area (Å²) < 4.78 is 0. The number of hydrogen-bond acceptors (Lipinski definition) is 3. The molecule has 102 valence electrons. The maximum absolute atomic E-state index is 12.1. The zero-order valence-electron chi connectivity index (χ0n) is 11.9. The fourth-order valence-electron chi connectivity index (χ4n) is 1.61. The topological polar surface area (TPSA) is 52.6 Å². The lowest BCUT2D eigenvalue weighted by molar-refractivity contribution is -0.127. The fourth-order valence-corrected chi connectivity index (χ4v) is 1.61. The van der Waals surface area contributed by atoms with E-state index in [1.807, 2.05) is 25.7 Å². The third kappa shape index (κ3) is 6.03. The van der Waals surface area contributed by atoms with Crippen molar-refractivity contribution in [1.82, 2.24) is 10.2 Å². The van der Waals surface area contributed by atoms with Crippen molar-refractivity contribution in [3.05, 3.63) is 0 Å². The highest BCUT2D eigenvalue weighted by Gasteiger charge is 2.25. The van der Waals surface area contributed by atoms with Gasteiger partial charge in [0.2, 0.25) is 5.91 Å². The summed E-state index contributed by atoms with van der Waals surface area (Å²) in [5.41, 5.74) is -0.164. The van der Waals surface area contributed by atoms with Crippen LogP contribution in [0.25, 0.3) is 0 Å². The van der Waals surface area contributed by atoms with E-state index in [4.69, 9.17) is 5.11 Å². The van der Waals surface area contributed by atoms with Gasteiger partial charge in [-0.15, -0.1) is 0 Å². The van der Waals surface area contributed by atoms with E-state index in [1.54, 1.807) is 0 Å². The first-order valence-corrected chi connectivity index (χ1v) is 6.54. The van der Waals surface area contributed by atoms with Gasteiger partial charge in [-0.1, -0.05) is 13.8 Å². The molecule has 0 spiro atoms. The van der Waals surface area contributed by atoms with E-state index in [0.29, 0.717) is 6.54 Å². The quantitative estimate of drug-likeness (QED) is 0.678. The zero-order valence-corrected chi connectivity index (χ0v) is 11.9. The smallest absolute Gasteiger partial charge is 0.237 e. The van der Waals surface area contributed by atoms with Gasteiger partial charge in [-0.3, -0.25) is 9.69 Å². The van der Waals surface area contributed by atoms with Crippen LogP contribution in [0.1, 0.15) is 47.5 Å². The summed E-state index contributed by atoms with van der Waals surface area (Å²) in [7, 11) is 0. The Hall–Kier alpha value is -0.610. The van der Waals surface area contributed by atoms with E-state index in [9.17, 15) is 4.79 Å². The predicted molar refractivity (Wildman–Crippen MR) is 70.9 cm³/mol. The molecule has 0 aromatic carbocycles. The molecule has 0 fully saturated rings. The minimum Gasteiger partial charge on any atom is -0.395 e. The Labute approximate surface area is 105 Å². The third-order valence-corrected chi connectivity index (χ3v) is 3.17. The first-order chi connectivity index (χ1) is 7.87. The second-order valence-electron chi connectivity index (χ2n) is 5.16. The molecule has 0 saturated heterocycles. The molecule has 1 amide bonds. The van der Waals surface area contributed by atoms with Crippen LogP contribution in [0.2, 0.25) is 0 Å². The van der Waals surface area contributed by atoms with Gasteiger partial charge in [0.25, 0.3) is 0 Å². The van der Waals surface area contributed by atoms with Gasteiger partial charge in [0.1, 0.15) is 0 Å². The minimum absolute atomic E-state index is 0.0405. The number of rotatable bonds is 8. The maximum Gasteiger partial charge on any atom is 0.237 e. The van der Waals surface area contributed by atoms with Crippen LogP contribution in [-0.4, -0.2) is 47.2 Å². The molecule has 4 heteroatoms. The average Bonchev–Trinajstić information content (AvgIpc) is 2.27. The van der Waals surface area contributed by atoms with Crippen LogP contribution in [-0.2, 0) is 4.79 Å². The van der Waals surface area contributed by atoms with Crippen LogP contribution >= 0.6 is 0 Å². The summed E-state index contributed by atoms with van der Waals surface area (Å²) in [5, 5.41) is 12.0. The maximum atomic E-state index is 12.1. The molecule has 0 aliphatic rings. The molecule has 0 rings (SSSR count). The van der Waals surface area contributed by atoms with Gasteiger partial charge >= 0.3 is 0 Å². The summed E-state index contributed by atoms with van der Waals surface area (Å²) in [6.07, 6.45) is 1.88. The van der Waals surface area contributed by atoms with E-state index >= 15 is 0 Å². The Morgan fingerprint density at radius 2 is 1.94 bits per heavy atom. The van der Waals surface area contributed by atoms with Crippen molar-refractivity contribution >= 4 is 5.91 Å². The van der Waals surface area contributed by atoms with Gasteiger partial charge in [0, 0.05) is 12.1 Å². The lowest BCUT2D eigenvalue weighted by Crippen LogP contribution is -2.52. The van der Waals surface area contributed by atoms with Crippen molar-refractivity contribution < 1.29 is 9.90 Å². The Kier molecular flexibility index (Phi) is 7.39. The zero-order chi connectivity index (χ0) is 13.5.